The topological polar surface area (TPSA) is 26.3 Å². The van der Waals surface area contributed by atoms with Crippen molar-refractivity contribution in [1.82, 2.24) is 0 Å². The predicted octanol–water partition coefficient (Wildman–Crippen LogP) is 4.78. The number of hydrogen-bond donors (Lipinski definition) is 0. The van der Waals surface area contributed by atoms with E-state index in [1.165, 1.54) is 5.56 Å². The Kier molecular flexibility index (Phi) is 3.85. The second-order valence-corrected chi connectivity index (χ2v) is 6.56. The Morgan fingerprint density at radius 2 is 1.76 bits per heavy atom. The van der Waals surface area contributed by atoms with Gasteiger partial charge in [0.1, 0.15) is 5.75 Å². The molecule has 1 aliphatic rings. The molecule has 0 radical (unpaired) electrons. The van der Waals surface area contributed by atoms with Crippen molar-refractivity contribution < 1.29 is 9.53 Å². The summed E-state index contributed by atoms with van der Waals surface area (Å²) in [4.78, 5) is 12.3. The quantitative estimate of drug-likeness (QED) is 0.591. The molecule has 0 saturated heterocycles. The van der Waals surface area contributed by atoms with Gasteiger partial charge in [-0.3, -0.25) is 4.79 Å². The van der Waals surface area contributed by atoms with E-state index in [0.29, 0.717) is 11.7 Å². The summed E-state index contributed by atoms with van der Waals surface area (Å²) in [6.07, 6.45) is 0.886. The van der Waals surface area contributed by atoms with Crippen LogP contribution in [0.25, 0.3) is 0 Å². The van der Waals surface area contributed by atoms with Gasteiger partial charge in [-0.25, -0.2) is 0 Å². The third kappa shape index (κ3) is 3.03. The molecule has 1 aliphatic carbocycles. The minimum atomic E-state index is -0.114. The Hall–Kier alpha value is -1.61. The van der Waals surface area contributed by atoms with Crippen LogP contribution in [0.15, 0.2) is 46.9 Å². The largest absolute Gasteiger partial charge is 0.426 e. The highest BCUT2D eigenvalue weighted by atomic mass is 79.9. The van der Waals surface area contributed by atoms with Gasteiger partial charge in [-0.15, -0.1) is 0 Å². The normalized spacial score (nSPS) is 20.1. The summed E-state index contributed by atoms with van der Waals surface area (Å²) in [5, 5.41) is 0. The molecule has 0 heterocycles. The van der Waals surface area contributed by atoms with Gasteiger partial charge in [0.05, 0.1) is 5.92 Å². The number of hydrogen-bond acceptors (Lipinski definition) is 2. The summed E-state index contributed by atoms with van der Waals surface area (Å²) < 4.78 is 6.65. The van der Waals surface area contributed by atoms with Crippen molar-refractivity contribution in [3.05, 3.63) is 63.6 Å². The van der Waals surface area contributed by atoms with Crippen LogP contribution in [0.2, 0.25) is 0 Å². The van der Waals surface area contributed by atoms with Crippen molar-refractivity contribution in [2.45, 2.75) is 26.2 Å². The number of ether oxygens (including phenoxy) is 1. The molecule has 2 aromatic rings. The predicted molar refractivity (Wildman–Crippen MR) is 86.5 cm³/mol. The zero-order valence-electron chi connectivity index (χ0n) is 12.1. The summed E-state index contributed by atoms with van der Waals surface area (Å²) >= 11 is 3.45. The lowest BCUT2D eigenvalue weighted by molar-refractivity contribution is -0.136. The van der Waals surface area contributed by atoms with Crippen LogP contribution in [0, 0.1) is 19.8 Å². The highest BCUT2D eigenvalue weighted by Gasteiger charge is 2.45. The smallest absolute Gasteiger partial charge is 0.314 e. The molecule has 2 aromatic carbocycles. The third-order valence-corrected chi connectivity index (χ3v) is 4.41. The number of aryl methyl sites for hydroxylation is 2. The minimum Gasteiger partial charge on any atom is -0.426 e. The van der Waals surface area contributed by atoms with Gasteiger partial charge in [-0.2, -0.15) is 0 Å². The Labute approximate surface area is 133 Å². The number of benzene rings is 2. The first-order chi connectivity index (χ1) is 10.1. The second kappa shape index (κ2) is 5.64. The molecule has 21 heavy (non-hydrogen) atoms. The summed E-state index contributed by atoms with van der Waals surface area (Å²) in [6.45, 7) is 3.92. The van der Waals surface area contributed by atoms with Gasteiger partial charge >= 0.3 is 5.97 Å². The maximum Gasteiger partial charge on any atom is 0.314 e. The van der Waals surface area contributed by atoms with Crippen molar-refractivity contribution in [2.75, 3.05) is 0 Å². The Morgan fingerprint density at radius 1 is 1.14 bits per heavy atom. The fourth-order valence-corrected chi connectivity index (χ4v) is 3.45. The van der Waals surface area contributed by atoms with Gasteiger partial charge in [-0.05, 0) is 55.0 Å². The fourth-order valence-electron chi connectivity index (χ4n) is 2.76. The van der Waals surface area contributed by atoms with Crippen LogP contribution in [0.1, 0.15) is 29.0 Å². The molecule has 0 aromatic heterocycles. The van der Waals surface area contributed by atoms with Gasteiger partial charge in [0.15, 0.2) is 0 Å². The molecule has 3 rings (SSSR count). The lowest BCUT2D eigenvalue weighted by Crippen LogP contribution is -2.13. The average molecular weight is 345 g/mol. The molecule has 108 valence electrons. The SMILES string of the molecule is Cc1cc(Br)cc(C)c1OC(=O)C1CC1c1ccccc1. The first kappa shape index (κ1) is 14.3. The number of carbonyl (C=O) groups excluding carboxylic acids is 1. The van der Waals surface area contributed by atoms with E-state index in [0.717, 1.165) is 22.0 Å². The van der Waals surface area contributed by atoms with Crippen LogP contribution in [-0.4, -0.2) is 5.97 Å². The van der Waals surface area contributed by atoms with Crippen LogP contribution < -0.4 is 4.74 Å². The molecular weight excluding hydrogens is 328 g/mol. The van der Waals surface area contributed by atoms with Crippen molar-refractivity contribution in [3.63, 3.8) is 0 Å². The van der Waals surface area contributed by atoms with Crippen LogP contribution in [0.5, 0.6) is 5.75 Å². The summed E-state index contributed by atoms with van der Waals surface area (Å²) in [7, 11) is 0. The molecule has 2 atom stereocenters. The molecular formula is C18H17BrO2. The van der Waals surface area contributed by atoms with Crippen LogP contribution in [0.3, 0.4) is 0 Å². The molecule has 0 amide bonds. The van der Waals surface area contributed by atoms with E-state index >= 15 is 0 Å². The Balaban J connectivity index is 1.72. The van der Waals surface area contributed by atoms with E-state index in [-0.39, 0.29) is 11.9 Å². The molecule has 3 heteroatoms. The summed E-state index contributed by atoms with van der Waals surface area (Å²) in [5.41, 5.74) is 3.18. The number of rotatable bonds is 3. The Bertz CT molecular complexity index is 656. The zero-order chi connectivity index (χ0) is 15.0. The lowest BCUT2D eigenvalue weighted by Gasteiger charge is -2.11. The van der Waals surface area contributed by atoms with Gasteiger partial charge in [0.2, 0.25) is 0 Å². The highest BCUT2D eigenvalue weighted by molar-refractivity contribution is 9.10. The van der Waals surface area contributed by atoms with Crippen molar-refractivity contribution in [2.24, 2.45) is 5.92 Å². The number of esters is 1. The molecule has 2 unspecified atom stereocenters. The fraction of sp³-hybridized carbons (Fsp3) is 0.278. The van der Waals surface area contributed by atoms with Crippen molar-refractivity contribution in [1.29, 1.82) is 0 Å². The van der Waals surface area contributed by atoms with E-state index < -0.39 is 0 Å². The van der Waals surface area contributed by atoms with Gasteiger partial charge in [-0.1, -0.05) is 46.3 Å². The molecule has 1 saturated carbocycles. The number of halogens is 1. The van der Waals surface area contributed by atoms with Crippen LogP contribution in [0.4, 0.5) is 0 Å². The van der Waals surface area contributed by atoms with E-state index in [9.17, 15) is 4.79 Å². The van der Waals surface area contributed by atoms with Crippen molar-refractivity contribution >= 4 is 21.9 Å². The first-order valence-electron chi connectivity index (χ1n) is 7.09. The maximum atomic E-state index is 12.3. The maximum absolute atomic E-state index is 12.3. The molecule has 1 fully saturated rings. The first-order valence-corrected chi connectivity index (χ1v) is 7.89. The standard InChI is InChI=1S/C18H17BrO2/c1-11-8-14(19)9-12(2)17(11)21-18(20)16-10-15(16)13-6-4-3-5-7-13/h3-9,15-16H,10H2,1-2H3. The van der Waals surface area contributed by atoms with Gasteiger partial charge < -0.3 is 4.74 Å². The monoisotopic (exact) mass is 344 g/mol. The van der Waals surface area contributed by atoms with E-state index in [1.54, 1.807) is 0 Å². The molecule has 0 spiro atoms. The number of carbonyl (C=O) groups is 1. The van der Waals surface area contributed by atoms with Gasteiger partial charge in [0.25, 0.3) is 0 Å². The van der Waals surface area contributed by atoms with E-state index in [2.05, 4.69) is 28.1 Å². The average Bonchev–Trinajstić information content (AvgIpc) is 3.24. The van der Waals surface area contributed by atoms with Crippen molar-refractivity contribution in [3.8, 4) is 5.75 Å². The molecule has 0 aliphatic heterocycles. The summed E-state index contributed by atoms with van der Waals surface area (Å²) in [5.74, 6) is 0.892. The molecule has 2 nitrogen and oxygen atoms in total. The minimum absolute atomic E-state index is 0.00477. The summed E-state index contributed by atoms with van der Waals surface area (Å²) in [6, 6.07) is 14.1. The lowest BCUT2D eigenvalue weighted by atomic mass is 10.1. The molecule has 0 bridgehead atoms. The van der Waals surface area contributed by atoms with Crippen LogP contribution in [-0.2, 0) is 4.79 Å². The second-order valence-electron chi connectivity index (χ2n) is 5.65. The molecule has 0 N–H and O–H groups in total. The van der Waals surface area contributed by atoms with E-state index in [4.69, 9.17) is 4.74 Å². The van der Waals surface area contributed by atoms with Gasteiger partial charge in [0, 0.05) is 4.47 Å². The van der Waals surface area contributed by atoms with Crippen LogP contribution >= 0.6 is 15.9 Å². The van der Waals surface area contributed by atoms with E-state index in [1.807, 2.05) is 44.2 Å². The zero-order valence-corrected chi connectivity index (χ0v) is 13.7. The highest BCUT2D eigenvalue weighted by Crippen LogP contribution is 2.48. The third-order valence-electron chi connectivity index (χ3n) is 3.95. The Morgan fingerprint density at radius 3 is 2.38 bits per heavy atom.